The summed E-state index contributed by atoms with van der Waals surface area (Å²) in [6.07, 6.45) is 46.0. The van der Waals surface area contributed by atoms with Gasteiger partial charge in [0.15, 0.2) is 0 Å². The van der Waals surface area contributed by atoms with E-state index in [0.717, 1.165) is 12.8 Å². The van der Waals surface area contributed by atoms with E-state index in [0.29, 0.717) is 13.2 Å². The lowest BCUT2D eigenvalue weighted by molar-refractivity contribution is -0.138. The monoisotopic (exact) mass is 649 g/mol. The van der Waals surface area contributed by atoms with Gasteiger partial charge in [-0.05, 0) is 12.8 Å². The van der Waals surface area contributed by atoms with E-state index in [1.807, 2.05) is 0 Å². The molecule has 4 nitrogen and oxygen atoms in total. The predicted molar refractivity (Wildman–Crippen MR) is 201 cm³/mol. The Labute approximate surface area is 288 Å². The van der Waals surface area contributed by atoms with Gasteiger partial charge in [0.1, 0.15) is 0 Å². The summed E-state index contributed by atoms with van der Waals surface area (Å²) in [6, 6.07) is 0. The third-order valence-corrected chi connectivity index (χ3v) is 8.82. The minimum atomic E-state index is -0.300. The van der Waals surface area contributed by atoms with Crippen LogP contribution in [0.25, 0.3) is 0 Å². The van der Waals surface area contributed by atoms with Gasteiger partial charge in [-0.15, -0.1) is 0 Å². The van der Waals surface area contributed by atoms with Crippen molar-refractivity contribution >= 4 is 11.9 Å². The molecule has 0 fully saturated rings. The lowest BCUT2D eigenvalue weighted by atomic mass is 10.0. The second-order valence-corrected chi connectivity index (χ2v) is 13.3. The molecule has 0 unspecified atom stereocenters. The molecular weight excluding hydrogens is 568 g/mol. The fourth-order valence-electron chi connectivity index (χ4n) is 5.76. The second kappa shape index (κ2) is 43.4. The number of rotatable bonds is 36. The summed E-state index contributed by atoms with van der Waals surface area (Å²) in [5, 5.41) is 0. The maximum atomic E-state index is 10.8. The summed E-state index contributed by atoms with van der Waals surface area (Å²) in [7, 11) is 0. The third-order valence-electron chi connectivity index (χ3n) is 8.82. The molecule has 0 atom stereocenters. The van der Waals surface area contributed by atoms with Crippen molar-refractivity contribution < 1.29 is 19.1 Å². The second-order valence-electron chi connectivity index (χ2n) is 13.3. The average molecular weight is 649 g/mol. The predicted octanol–water partition coefficient (Wildman–Crippen LogP) is 14.0. The van der Waals surface area contributed by atoms with Crippen molar-refractivity contribution in [2.24, 2.45) is 0 Å². The summed E-state index contributed by atoms with van der Waals surface area (Å²) < 4.78 is 9.91. The van der Waals surface area contributed by atoms with Crippen LogP contribution in [0.15, 0.2) is 25.3 Å². The molecule has 0 heterocycles. The molecule has 272 valence electrons. The van der Waals surface area contributed by atoms with Gasteiger partial charge in [-0.1, -0.05) is 220 Å². The van der Waals surface area contributed by atoms with Gasteiger partial charge >= 0.3 is 11.9 Å². The van der Waals surface area contributed by atoms with E-state index >= 15 is 0 Å². The molecule has 0 radical (unpaired) electrons. The highest BCUT2D eigenvalue weighted by Gasteiger charge is 1.98. The maximum absolute atomic E-state index is 10.8. The summed E-state index contributed by atoms with van der Waals surface area (Å²) in [5.41, 5.74) is 0. The van der Waals surface area contributed by atoms with Crippen LogP contribution in [0.5, 0.6) is 0 Å². The molecule has 0 spiro atoms. The van der Waals surface area contributed by atoms with Gasteiger partial charge in [0.05, 0.1) is 13.2 Å². The molecule has 0 aromatic rings. The molecule has 0 bridgehead atoms. The van der Waals surface area contributed by atoms with Crippen molar-refractivity contribution in [2.75, 3.05) is 13.2 Å². The Morgan fingerprint density at radius 3 is 0.696 bits per heavy atom. The van der Waals surface area contributed by atoms with Crippen molar-refractivity contribution in [1.82, 2.24) is 0 Å². The van der Waals surface area contributed by atoms with Crippen molar-refractivity contribution in [2.45, 2.75) is 219 Å². The molecule has 0 saturated heterocycles. The number of unbranched alkanes of at least 4 members (excludes halogenated alkanes) is 30. The average Bonchev–Trinajstić information content (AvgIpc) is 3.07. The quantitative estimate of drug-likeness (QED) is 0.0385. The molecular formula is C42H80O4. The van der Waals surface area contributed by atoms with Crippen LogP contribution in [0.3, 0.4) is 0 Å². The normalized spacial score (nSPS) is 10.7. The van der Waals surface area contributed by atoms with E-state index in [4.69, 9.17) is 9.47 Å². The molecule has 0 amide bonds. The number of carbonyl (C=O) groups excluding carboxylic acids is 2. The zero-order valence-electron chi connectivity index (χ0n) is 31.2. The molecule has 0 aliphatic carbocycles. The van der Waals surface area contributed by atoms with Gasteiger partial charge in [-0.25, -0.2) is 9.59 Å². The largest absolute Gasteiger partial charge is 0.463 e. The van der Waals surface area contributed by atoms with Crippen molar-refractivity contribution in [3.63, 3.8) is 0 Å². The highest BCUT2D eigenvalue weighted by molar-refractivity contribution is 5.81. The maximum Gasteiger partial charge on any atom is 0.330 e. The Hall–Kier alpha value is -1.58. The van der Waals surface area contributed by atoms with Gasteiger partial charge in [0.25, 0.3) is 0 Å². The number of esters is 2. The van der Waals surface area contributed by atoms with E-state index in [2.05, 4.69) is 27.0 Å². The Balaban J connectivity index is 0. The summed E-state index contributed by atoms with van der Waals surface area (Å²) in [6.45, 7) is 12.4. The van der Waals surface area contributed by atoms with E-state index in [1.165, 1.54) is 205 Å². The Bertz CT molecular complexity index is 575. The topological polar surface area (TPSA) is 52.6 Å². The van der Waals surface area contributed by atoms with Crippen LogP contribution < -0.4 is 0 Å². The highest BCUT2D eigenvalue weighted by atomic mass is 16.5. The number of ether oxygens (including phenoxy) is 2. The molecule has 0 N–H and O–H groups in total. The first-order chi connectivity index (χ1) is 22.6. The van der Waals surface area contributed by atoms with E-state index in [9.17, 15) is 9.59 Å². The van der Waals surface area contributed by atoms with Gasteiger partial charge in [0.2, 0.25) is 0 Å². The van der Waals surface area contributed by atoms with Gasteiger partial charge in [0, 0.05) is 12.2 Å². The SMILES string of the molecule is C=CC(=O)OCCCCCCCCCCCCCCCCCC.C=CC(=O)OCCCCCCCCCCCCCCCCCC. The summed E-state index contributed by atoms with van der Waals surface area (Å²) in [5.74, 6) is -0.600. The molecule has 0 rings (SSSR count). The smallest absolute Gasteiger partial charge is 0.330 e. The Morgan fingerprint density at radius 1 is 0.348 bits per heavy atom. The molecule has 0 saturated carbocycles. The lowest BCUT2D eigenvalue weighted by Crippen LogP contribution is -2.01. The molecule has 4 heteroatoms. The van der Waals surface area contributed by atoms with E-state index < -0.39 is 0 Å². The minimum absolute atomic E-state index is 0.300. The first-order valence-corrected chi connectivity index (χ1v) is 20.2. The number of hydrogen-bond donors (Lipinski definition) is 0. The Morgan fingerprint density at radius 2 is 0.522 bits per heavy atom. The molecule has 46 heavy (non-hydrogen) atoms. The van der Waals surface area contributed by atoms with Gasteiger partial charge in [-0.3, -0.25) is 0 Å². The fraction of sp³-hybridized carbons (Fsp3) is 0.857. The fourth-order valence-corrected chi connectivity index (χ4v) is 5.76. The van der Waals surface area contributed by atoms with E-state index in [-0.39, 0.29) is 11.9 Å². The molecule has 0 aromatic carbocycles. The standard InChI is InChI=1S/2C21H40O2/c2*1-3-5-6-7-8-9-10-11-12-13-14-15-16-17-18-19-20-23-21(22)4-2/h2*4H,2-3,5-20H2,1H3. The van der Waals surface area contributed by atoms with Crippen molar-refractivity contribution in [3.8, 4) is 0 Å². The first-order valence-electron chi connectivity index (χ1n) is 20.2. The van der Waals surface area contributed by atoms with Crippen LogP contribution in [0.4, 0.5) is 0 Å². The number of carbonyl (C=O) groups is 2. The van der Waals surface area contributed by atoms with Crippen molar-refractivity contribution in [1.29, 1.82) is 0 Å². The van der Waals surface area contributed by atoms with Crippen LogP contribution in [0, 0.1) is 0 Å². The van der Waals surface area contributed by atoms with Crippen LogP contribution in [-0.4, -0.2) is 25.2 Å². The van der Waals surface area contributed by atoms with Crippen LogP contribution in [0.1, 0.15) is 219 Å². The summed E-state index contributed by atoms with van der Waals surface area (Å²) >= 11 is 0. The first kappa shape index (κ1) is 46.5. The van der Waals surface area contributed by atoms with E-state index in [1.54, 1.807) is 0 Å². The van der Waals surface area contributed by atoms with Gasteiger partial charge in [-0.2, -0.15) is 0 Å². The zero-order valence-corrected chi connectivity index (χ0v) is 31.2. The van der Waals surface area contributed by atoms with Crippen LogP contribution in [-0.2, 0) is 19.1 Å². The minimum Gasteiger partial charge on any atom is -0.463 e. The molecule has 0 aromatic heterocycles. The van der Waals surface area contributed by atoms with Crippen molar-refractivity contribution in [3.05, 3.63) is 25.3 Å². The van der Waals surface area contributed by atoms with Crippen LogP contribution >= 0.6 is 0 Å². The van der Waals surface area contributed by atoms with Crippen LogP contribution in [0.2, 0.25) is 0 Å². The highest BCUT2D eigenvalue weighted by Crippen LogP contribution is 2.15. The molecule has 0 aliphatic rings. The Kier molecular flexibility index (Phi) is 43.9. The third kappa shape index (κ3) is 44.5. The van der Waals surface area contributed by atoms with Gasteiger partial charge < -0.3 is 9.47 Å². The lowest BCUT2D eigenvalue weighted by Gasteiger charge is -2.04. The molecule has 0 aliphatic heterocycles. The summed E-state index contributed by atoms with van der Waals surface area (Å²) in [4.78, 5) is 21.7. The number of hydrogen-bond acceptors (Lipinski definition) is 4. The zero-order chi connectivity index (χ0) is 34.0.